The number of nitrogens with zero attached hydrogens (tertiary/aromatic N) is 6. The molecule has 0 aliphatic heterocycles. The molecule has 1 rings (SSSR count). The van der Waals surface area contributed by atoms with Crippen LogP contribution in [-0.4, -0.2) is 103 Å². The van der Waals surface area contributed by atoms with E-state index in [-0.39, 0.29) is 5.69 Å². The maximum absolute atomic E-state index is 11.9. The van der Waals surface area contributed by atoms with Crippen molar-refractivity contribution in [3.8, 4) is 0 Å². The van der Waals surface area contributed by atoms with Crippen LogP contribution < -0.4 is 0 Å². The lowest BCUT2D eigenvalue weighted by atomic mass is 10.1. The van der Waals surface area contributed by atoms with Crippen LogP contribution >= 0.6 is 0 Å². The fourth-order valence-electron chi connectivity index (χ4n) is 2.35. The molecule has 0 aromatic carbocycles. The van der Waals surface area contributed by atoms with E-state index in [0.717, 1.165) is 0 Å². The molecule has 0 saturated carbocycles. The fourth-order valence-corrected chi connectivity index (χ4v) is 2.35. The molecule has 9 nitrogen and oxygen atoms in total. The number of hydrogen-bond donors (Lipinski definition) is 1. The van der Waals surface area contributed by atoms with Gasteiger partial charge in [0, 0.05) is 40.6 Å². The van der Waals surface area contributed by atoms with Gasteiger partial charge in [-0.2, -0.15) is 5.10 Å². The third kappa shape index (κ3) is 5.83. The summed E-state index contributed by atoms with van der Waals surface area (Å²) in [6, 6.07) is 0. The first-order valence-corrected chi connectivity index (χ1v) is 8.05. The standard InChI is InChI=1S/C17H29N7O2/c1-20(2)9-13(10-21(3)4)15-17(24(25)26)16(19-18-15)14(11-22(5)6)12-23(7)8/h9-12H,1-8H3,(H,18,19)/q+2. The Kier molecular flexibility index (Phi) is 7.24. The molecule has 1 heterocycles. The van der Waals surface area contributed by atoms with Crippen molar-refractivity contribution in [1.82, 2.24) is 20.0 Å². The Labute approximate surface area is 154 Å². The van der Waals surface area contributed by atoms with Gasteiger partial charge in [-0.05, 0) is 0 Å². The van der Waals surface area contributed by atoms with E-state index in [1.165, 1.54) is 0 Å². The molecule has 9 heteroatoms. The van der Waals surface area contributed by atoms with Crippen molar-refractivity contribution in [1.29, 1.82) is 0 Å². The van der Waals surface area contributed by atoms with Crippen LogP contribution in [0.1, 0.15) is 11.4 Å². The van der Waals surface area contributed by atoms with Gasteiger partial charge in [-0.3, -0.25) is 15.2 Å². The number of aromatic nitrogens is 2. The zero-order valence-corrected chi connectivity index (χ0v) is 16.8. The average Bonchev–Trinajstić information content (AvgIpc) is 2.88. The monoisotopic (exact) mass is 363 g/mol. The Morgan fingerprint density at radius 3 is 1.85 bits per heavy atom. The first-order chi connectivity index (χ1) is 12.0. The number of rotatable bonds is 7. The zero-order valence-electron chi connectivity index (χ0n) is 16.8. The second-order valence-electron chi connectivity index (χ2n) is 6.83. The maximum Gasteiger partial charge on any atom is 0.323 e. The highest BCUT2D eigenvalue weighted by Gasteiger charge is 2.30. The highest BCUT2D eigenvalue weighted by atomic mass is 16.6. The molecule has 0 atom stereocenters. The molecule has 26 heavy (non-hydrogen) atoms. The summed E-state index contributed by atoms with van der Waals surface area (Å²) in [4.78, 5) is 15.1. The van der Waals surface area contributed by atoms with Crippen LogP contribution in [0.2, 0.25) is 0 Å². The predicted octanol–water partition coefficient (Wildman–Crippen LogP) is 0.809. The summed E-state index contributed by atoms with van der Waals surface area (Å²) in [5, 5.41) is 19.0. The molecule has 142 valence electrons. The van der Waals surface area contributed by atoms with Gasteiger partial charge in [0.15, 0.2) is 23.8 Å². The number of nitro groups is 1. The molecule has 1 N–H and O–H groups in total. The van der Waals surface area contributed by atoms with Crippen molar-refractivity contribution in [3.05, 3.63) is 33.9 Å². The van der Waals surface area contributed by atoms with Crippen LogP contribution in [0.4, 0.5) is 5.69 Å². The van der Waals surface area contributed by atoms with E-state index in [0.29, 0.717) is 22.5 Å². The van der Waals surface area contributed by atoms with Gasteiger partial charge in [0.25, 0.3) is 0 Å². The third-order valence-electron chi connectivity index (χ3n) is 3.07. The van der Waals surface area contributed by atoms with Gasteiger partial charge in [0.1, 0.15) is 28.2 Å². The summed E-state index contributed by atoms with van der Waals surface area (Å²) in [7, 11) is 14.9. The molecule has 0 aliphatic carbocycles. The Morgan fingerprint density at radius 2 is 1.42 bits per heavy atom. The lowest BCUT2D eigenvalue weighted by molar-refractivity contribution is -0.458. The second-order valence-corrected chi connectivity index (χ2v) is 6.83. The van der Waals surface area contributed by atoms with Gasteiger partial charge in [-0.25, -0.2) is 9.15 Å². The molecule has 1 aromatic heterocycles. The Morgan fingerprint density at radius 1 is 0.962 bits per heavy atom. The second kappa shape index (κ2) is 8.93. The predicted molar refractivity (Wildman–Crippen MR) is 105 cm³/mol. The molecule has 0 radical (unpaired) electrons. The molecule has 0 fully saturated rings. The zero-order chi connectivity index (χ0) is 20.0. The molecule has 0 saturated heterocycles. The number of nitrogens with one attached hydrogen (secondary N) is 1. The van der Waals surface area contributed by atoms with E-state index >= 15 is 0 Å². The fraction of sp³-hybridized carbons (Fsp3) is 0.471. The molecule has 0 spiro atoms. The summed E-state index contributed by atoms with van der Waals surface area (Å²) in [6.07, 6.45) is 7.24. The summed E-state index contributed by atoms with van der Waals surface area (Å²) >= 11 is 0. The van der Waals surface area contributed by atoms with Gasteiger partial charge in [-0.15, -0.1) is 0 Å². The lowest BCUT2D eigenvalue weighted by Crippen LogP contribution is -2.09. The molecular weight excluding hydrogens is 334 g/mol. The highest BCUT2D eigenvalue weighted by Crippen LogP contribution is 2.30. The molecule has 0 bridgehead atoms. The minimum Gasteiger partial charge on any atom is -0.383 e. The Hall–Kier alpha value is -2.97. The highest BCUT2D eigenvalue weighted by molar-refractivity contribution is 6.12. The van der Waals surface area contributed by atoms with Crippen LogP contribution in [-0.2, 0) is 0 Å². The number of allylic oxidation sites excluding steroid dienone is 2. The van der Waals surface area contributed by atoms with Crippen LogP contribution in [0, 0.1) is 10.1 Å². The average molecular weight is 363 g/mol. The van der Waals surface area contributed by atoms with Gasteiger partial charge in [0.05, 0.1) is 16.1 Å². The van der Waals surface area contributed by atoms with E-state index in [2.05, 4.69) is 10.2 Å². The van der Waals surface area contributed by atoms with Crippen molar-refractivity contribution in [2.24, 2.45) is 0 Å². The first-order valence-electron chi connectivity index (χ1n) is 8.05. The van der Waals surface area contributed by atoms with Crippen LogP contribution in [0.25, 0.3) is 11.1 Å². The smallest absolute Gasteiger partial charge is 0.323 e. The van der Waals surface area contributed by atoms with Gasteiger partial charge < -0.3 is 9.80 Å². The minimum absolute atomic E-state index is 0.0533. The van der Waals surface area contributed by atoms with Crippen molar-refractivity contribution in [3.63, 3.8) is 0 Å². The van der Waals surface area contributed by atoms with Gasteiger partial charge in [-0.1, -0.05) is 0 Å². The van der Waals surface area contributed by atoms with Crippen molar-refractivity contribution < 1.29 is 14.1 Å². The van der Waals surface area contributed by atoms with E-state index in [1.807, 2.05) is 87.7 Å². The van der Waals surface area contributed by atoms with Gasteiger partial charge in [0.2, 0.25) is 0 Å². The summed E-state index contributed by atoms with van der Waals surface area (Å²) in [6.45, 7) is 0. The minimum atomic E-state index is -0.395. The van der Waals surface area contributed by atoms with Crippen molar-refractivity contribution >= 4 is 29.3 Å². The molecule has 0 unspecified atom stereocenters. The van der Waals surface area contributed by atoms with Crippen LogP contribution in [0.5, 0.6) is 0 Å². The van der Waals surface area contributed by atoms with Crippen molar-refractivity contribution in [2.75, 3.05) is 56.4 Å². The normalized spacial score (nSPS) is 11.8. The van der Waals surface area contributed by atoms with Crippen molar-refractivity contribution in [2.45, 2.75) is 0 Å². The molecule has 0 amide bonds. The van der Waals surface area contributed by atoms with Crippen LogP contribution in [0.15, 0.2) is 12.4 Å². The SMILES string of the molecule is CN(C)/C=C(\C=[N+](C)C)c1n[nH]c(/C(C=[N+](C)C)=C/N(C)C)c1[N+](=O)[O-]. The number of aromatic amines is 1. The third-order valence-corrected chi connectivity index (χ3v) is 3.07. The Balaban J connectivity index is 3.73. The van der Waals surface area contributed by atoms with Gasteiger partial charge >= 0.3 is 5.69 Å². The quantitative estimate of drug-likeness (QED) is 0.335. The summed E-state index contributed by atoms with van der Waals surface area (Å²) in [5.41, 5.74) is 1.92. The maximum atomic E-state index is 11.9. The first kappa shape index (κ1) is 21.1. The van der Waals surface area contributed by atoms with Crippen LogP contribution in [0.3, 0.4) is 0 Å². The largest absolute Gasteiger partial charge is 0.383 e. The summed E-state index contributed by atoms with van der Waals surface area (Å²) in [5.74, 6) is 0. The topological polar surface area (TPSA) is 84.3 Å². The lowest BCUT2D eigenvalue weighted by Gasteiger charge is -2.07. The van der Waals surface area contributed by atoms with E-state index in [4.69, 9.17) is 0 Å². The summed E-state index contributed by atoms with van der Waals surface area (Å²) < 4.78 is 3.66. The Bertz CT molecular complexity index is 718. The van der Waals surface area contributed by atoms with E-state index in [1.54, 1.807) is 12.4 Å². The molecule has 0 aliphatic rings. The van der Waals surface area contributed by atoms with E-state index in [9.17, 15) is 10.1 Å². The number of hydrogen-bond acceptors (Lipinski definition) is 5. The van der Waals surface area contributed by atoms with E-state index < -0.39 is 4.92 Å². The molecule has 1 aromatic rings. The molecular formula is C17H29N7O2+2. The number of H-pyrrole nitrogens is 1.